The number of nitrogens with one attached hydrogen (secondary N) is 1. The molecule has 0 spiro atoms. The molecule has 1 saturated heterocycles. The van der Waals surface area contributed by atoms with E-state index in [9.17, 15) is 4.79 Å². The largest absolute Gasteiger partial charge is 0.378 e. The minimum Gasteiger partial charge on any atom is -0.378 e. The molecular weight excluding hydrogens is 391 g/mol. The lowest BCUT2D eigenvalue weighted by Crippen LogP contribution is -2.36. The first kappa shape index (κ1) is 19.4. The van der Waals surface area contributed by atoms with Crippen LogP contribution < -0.4 is 10.2 Å². The number of carbonyl (C=O) groups is 1. The fourth-order valence-electron chi connectivity index (χ4n) is 2.67. The minimum absolute atomic E-state index is 0.0193. The van der Waals surface area contributed by atoms with Gasteiger partial charge in [-0.3, -0.25) is 4.79 Å². The zero-order valence-corrected chi connectivity index (χ0v) is 16.5. The molecule has 0 saturated carbocycles. The Labute approximate surface area is 167 Å². The summed E-state index contributed by atoms with van der Waals surface area (Å²) < 4.78 is 5.36. The standard InChI is InChI=1S/C19H20Cl2N2O2S/c20-17-6-1-14(11-18(17)21)12-26-13-19(24)22-15-2-4-16(5-3-15)23-7-9-25-10-8-23/h1-6,11H,7-10,12-13H2,(H,22,24). The molecule has 1 aliphatic heterocycles. The van der Waals surface area contributed by atoms with Crippen LogP contribution in [-0.4, -0.2) is 38.0 Å². The summed E-state index contributed by atoms with van der Waals surface area (Å²) in [5.41, 5.74) is 3.01. The van der Waals surface area contributed by atoms with Crippen molar-refractivity contribution in [3.05, 3.63) is 58.1 Å². The van der Waals surface area contributed by atoms with E-state index in [1.54, 1.807) is 6.07 Å². The van der Waals surface area contributed by atoms with Gasteiger partial charge in [0.1, 0.15) is 0 Å². The molecule has 1 fully saturated rings. The van der Waals surface area contributed by atoms with Crippen molar-refractivity contribution in [2.24, 2.45) is 0 Å². The highest BCUT2D eigenvalue weighted by atomic mass is 35.5. The fourth-order valence-corrected chi connectivity index (χ4v) is 3.76. The van der Waals surface area contributed by atoms with Gasteiger partial charge in [-0.05, 0) is 42.0 Å². The summed E-state index contributed by atoms with van der Waals surface area (Å²) >= 11 is 13.4. The second-order valence-electron chi connectivity index (χ2n) is 5.94. The number of anilines is 2. The van der Waals surface area contributed by atoms with Crippen LogP contribution in [0.2, 0.25) is 10.0 Å². The number of rotatable bonds is 6. The number of halogens is 2. The van der Waals surface area contributed by atoms with E-state index in [0.29, 0.717) is 21.6 Å². The van der Waals surface area contributed by atoms with Crippen molar-refractivity contribution in [1.29, 1.82) is 0 Å². The molecular formula is C19H20Cl2N2O2S. The molecule has 2 aromatic carbocycles. The molecule has 0 unspecified atom stereocenters. The highest BCUT2D eigenvalue weighted by Gasteiger charge is 2.11. The Balaban J connectivity index is 1.44. The molecule has 1 amide bonds. The average molecular weight is 411 g/mol. The van der Waals surface area contributed by atoms with Gasteiger partial charge in [-0.25, -0.2) is 0 Å². The van der Waals surface area contributed by atoms with Gasteiger partial charge in [0.25, 0.3) is 0 Å². The number of hydrogen-bond donors (Lipinski definition) is 1. The first-order chi connectivity index (χ1) is 12.6. The number of nitrogens with zero attached hydrogens (tertiary/aromatic N) is 1. The van der Waals surface area contributed by atoms with E-state index < -0.39 is 0 Å². The fraction of sp³-hybridized carbons (Fsp3) is 0.316. The predicted molar refractivity (Wildman–Crippen MR) is 111 cm³/mol. The molecule has 7 heteroatoms. The second-order valence-corrected chi connectivity index (χ2v) is 7.74. The summed E-state index contributed by atoms with van der Waals surface area (Å²) in [4.78, 5) is 14.4. The number of thioether (sulfide) groups is 1. The van der Waals surface area contributed by atoms with Crippen molar-refractivity contribution < 1.29 is 9.53 Å². The number of amides is 1. The summed E-state index contributed by atoms with van der Waals surface area (Å²) in [6.07, 6.45) is 0. The third-order valence-electron chi connectivity index (χ3n) is 4.01. The van der Waals surface area contributed by atoms with E-state index in [2.05, 4.69) is 10.2 Å². The van der Waals surface area contributed by atoms with E-state index in [1.165, 1.54) is 11.8 Å². The Kier molecular flexibility index (Phi) is 7.08. The van der Waals surface area contributed by atoms with Crippen LogP contribution in [0.15, 0.2) is 42.5 Å². The van der Waals surface area contributed by atoms with Crippen LogP contribution in [0.5, 0.6) is 0 Å². The average Bonchev–Trinajstić information content (AvgIpc) is 2.66. The van der Waals surface area contributed by atoms with Gasteiger partial charge in [0, 0.05) is 30.2 Å². The second kappa shape index (κ2) is 9.51. The van der Waals surface area contributed by atoms with Crippen LogP contribution in [-0.2, 0) is 15.3 Å². The SMILES string of the molecule is O=C(CSCc1ccc(Cl)c(Cl)c1)Nc1ccc(N2CCOCC2)cc1. The molecule has 0 aliphatic carbocycles. The lowest BCUT2D eigenvalue weighted by Gasteiger charge is -2.28. The van der Waals surface area contributed by atoms with Crippen LogP contribution in [0, 0.1) is 0 Å². The van der Waals surface area contributed by atoms with Gasteiger partial charge in [0.05, 0.1) is 29.0 Å². The first-order valence-electron chi connectivity index (χ1n) is 8.36. The summed E-state index contributed by atoms with van der Waals surface area (Å²) in [5, 5.41) is 4.01. The van der Waals surface area contributed by atoms with E-state index in [1.807, 2.05) is 36.4 Å². The molecule has 0 aromatic heterocycles. The van der Waals surface area contributed by atoms with E-state index >= 15 is 0 Å². The highest BCUT2D eigenvalue weighted by Crippen LogP contribution is 2.25. The number of carbonyl (C=O) groups excluding carboxylic acids is 1. The molecule has 1 N–H and O–H groups in total. The third kappa shape index (κ3) is 5.55. The van der Waals surface area contributed by atoms with E-state index in [-0.39, 0.29) is 5.91 Å². The van der Waals surface area contributed by atoms with Crippen molar-refractivity contribution in [1.82, 2.24) is 0 Å². The van der Waals surface area contributed by atoms with Gasteiger partial charge in [0.2, 0.25) is 5.91 Å². The molecule has 26 heavy (non-hydrogen) atoms. The summed E-state index contributed by atoms with van der Waals surface area (Å²) in [6.45, 7) is 3.32. The van der Waals surface area contributed by atoms with Gasteiger partial charge in [-0.1, -0.05) is 29.3 Å². The Hall–Kier alpha value is -1.40. The molecule has 0 radical (unpaired) electrons. The number of hydrogen-bond acceptors (Lipinski definition) is 4. The summed E-state index contributed by atoms with van der Waals surface area (Å²) in [5.74, 6) is 1.07. The van der Waals surface area contributed by atoms with Crippen molar-refractivity contribution in [2.75, 3.05) is 42.3 Å². The number of ether oxygens (including phenoxy) is 1. The van der Waals surface area contributed by atoms with Crippen LogP contribution in [0.1, 0.15) is 5.56 Å². The maximum absolute atomic E-state index is 12.1. The minimum atomic E-state index is -0.0193. The molecule has 3 rings (SSSR count). The van der Waals surface area contributed by atoms with Crippen molar-refractivity contribution in [2.45, 2.75) is 5.75 Å². The lowest BCUT2D eigenvalue weighted by molar-refractivity contribution is -0.113. The lowest BCUT2D eigenvalue weighted by atomic mass is 10.2. The van der Waals surface area contributed by atoms with Crippen molar-refractivity contribution in [3.8, 4) is 0 Å². The first-order valence-corrected chi connectivity index (χ1v) is 10.3. The van der Waals surface area contributed by atoms with Crippen LogP contribution in [0.4, 0.5) is 11.4 Å². The van der Waals surface area contributed by atoms with Gasteiger partial charge in [-0.2, -0.15) is 0 Å². The van der Waals surface area contributed by atoms with Crippen LogP contribution in [0.3, 0.4) is 0 Å². The molecule has 2 aromatic rings. The van der Waals surface area contributed by atoms with Gasteiger partial charge in [-0.15, -0.1) is 11.8 Å². The summed E-state index contributed by atoms with van der Waals surface area (Å²) in [6, 6.07) is 13.5. The molecule has 0 atom stereocenters. The Morgan fingerprint density at radius 1 is 1.08 bits per heavy atom. The number of morpholine rings is 1. The smallest absolute Gasteiger partial charge is 0.234 e. The Morgan fingerprint density at radius 2 is 1.81 bits per heavy atom. The zero-order valence-electron chi connectivity index (χ0n) is 14.2. The van der Waals surface area contributed by atoms with Gasteiger partial charge in [0.15, 0.2) is 0 Å². The van der Waals surface area contributed by atoms with Crippen molar-refractivity contribution >= 4 is 52.2 Å². The van der Waals surface area contributed by atoms with E-state index in [4.69, 9.17) is 27.9 Å². The quantitative estimate of drug-likeness (QED) is 0.748. The maximum Gasteiger partial charge on any atom is 0.234 e. The highest BCUT2D eigenvalue weighted by molar-refractivity contribution is 7.99. The predicted octanol–water partition coefficient (Wildman–Crippen LogP) is 4.70. The van der Waals surface area contributed by atoms with Gasteiger partial charge >= 0.3 is 0 Å². The topological polar surface area (TPSA) is 41.6 Å². The normalized spacial score (nSPS) is 14.3. The molecule has 1 heterocycles. The monoisotopic (exact) mass is 410 g/mol. The van der Waals surface area contributed by atoms with Crippen LogP contribution in [0.25, 0.3) is 0 Å². The molecule has 138 valence electrons. The van der Waals surface area contributed by atoms with E-state index in [0.717, 1.165) is 43.2 Å². The summed E-state index contributed by atoms with van der Waals surface area (Å²) in [7, 11) is 0. The van der Waals surface area contributed by atoms with Crippen molar-refractivity contribution in [3.63, 3.8) is 0 Å². The Bertz CT molecular complexity index is 750. The third-order valence-corrected chi connectivity index (χ3v) is 5.76. The molecule has 1 aliphatic rings. The Morgan fingerprint density at radius 3 is 2.50 bits per heavy atom. The van der Waals surface area contributed by atoms with Gasteiger partial charge < -0.3 is 15.0 Å². The zero-order chi connectivity index (χ0) is 18.4. The number of benzene rings is 2. The molecule has 4 nitrogen and oxygen atoms in total. The van der Waals surface area contributed by atoms with Crippen LogP contribution >= 0.6 is 35.0 Å². The maximum atomic E-state index is 12.1. The molecule has 0 bridgehead atoms.